The zero-order chi connectivity index (χ0) is 5.86. The standard InChI is InChI=1S/C6H12O.Ca/c1-5(2)6(3)4-7;/h4-7H,1H2,2-3H3;/q-2;+2. The van der Waals surface area contributed by atoms with E-state index in [1.807, 2.05) is 13.8 Å². The molecule has 1 nitrogen and oxygen atoms in total. The maximum atomic E-state index is 8.34. The summed E-state index contributed by atoms with van der Waals surface area (Å²) in [5, 5.41) is 8.34. The SMILES string of the molecule is [CH2-]C(C)C(C)[CH-]O.[Ca+2]. The van der Waals surface area contributed by atoms with Gasteiger partial charge in [-0.2, -0.15) is 11.8 Å². The molecular formula is C6H12CaO. The Bertz CT molecular complexity index is 45.8. The molecule has 0 saturated heterocycles. The van der Waals surface area contributed by atoms with Crippen molar-refractivity contribution in [3.8, 4) is 0 Å². The molecule has 0 aromatic carbocycles. The summed E-state index contributed by atoms with van der Waals surface area (Å²) in [7, 11) is 0. The van der Waals surface area contributed by atoms with Crippen LogP contribution in [-0.4, -0.2) is 42.8 Å². The number of rotatable bonds is 2. The molecule has 2 heteroatoms. The van der Waals surface area contributed by atoms with E-state index in [-0.39, 0.29) is 43.7 Å². The smallest absolute Gasteiger partial charge is 0.566 e. The van der Waals surface area contributed by atoms with Gasteiger partial charge in [0, 0.05) is 0 Å². The zero-order valence-corrected chi connectivity index (χ0v) is 7.80. The Hall–Kier alpha value is 1.22. The van der Waals surface area contributed by atoms with Crippen molar-refractivity contribution in [1.82, 2.24) is 0 Å². The van der Waals surface area contributed by atoms with Gasteiger partial charge in [0.25, 0.3) is 0 Å². The van der Waals surface area contributed by atoms with Crippen LogP contribution in [0, 0.1) is 25.4 Å². The molecule has 44 valence electrons. The minimum atomic E-state index is 0. The van der Waals surface area contributed by atoms with Gasteiger partial charge >= 0.3 is 37.7 Å². The average molecular weight is 140 g/mol. The van der Waals surface area contributed by atoms with E-state index < -0.39 is 0 Å². The number of aliphatic hydroxyl groups is 1. The number of aliphatic hydroxyl groups excluding tert-OH is 1. The largest absolute Gasteiger partial charge is 2.00 e. The molecule has 0 amide bonds. The summed E-state index contributed by atoms with van der Waals surface area (Å²) >= 11 is 0. The van der Waals surface area contributed by atoms with Gasteiger partial charge in [0.2, 0.25) is 0 Å². The molecule has 0 aromatic rings. The summed E-state index contributed by atoms with van der Waals surface area (Å²) < 4.78 is 0. The van der Waals surface area contributed by atoms with Crippen molar-refractivity contribution in [2.24, 2.45) is 11.8 Å². The summed E-state index contributed by atoms with van der Waals surface area (Å²) in [6.07, 6.45) is 0. The molecule has 0 aliphatic rings. The summed E-state index contributed by atoms with van der Waals surface area (Å²) in [5.41, 5.74) is 0. The van der Waals surface area contributed by atoms with Crippen LogP contribution in [-0.2, 0) is 0 Å². The minimum Gasteiger partial charge on any atom is -0.566 e. The van der Waals surface area contributed by atoms with Crippen LogP contribution in [0.4, 0.5) is 0 Å². The van der Waals surface area contributed by atoms with E-state index in [4.69, 9.17) is 5.11 Å². The van der Waals surface area contributed by atoms with Crippen LogP contribution in [0.5, 0.6) is 0 Å². The van der Waals surface area contributed by atoms with Gasteiger partial charge in [0.05, 0.1) is 0 Å². The van der Waals surface area contributed by atoms with Crippen molar-refractivity contribution in [1.29, 1.82) is 0 Å². The normalized spacial score (nSPS) is 16.5. The maximum absolute atomic E-state index is 8.34. The molecule has 0 fully saturated rings. The monoisotopic (exact) mass is 140 g/mol. The first-order valence-electron chi connectivity index (χ1n) is 2.49. The van der Waals surface area contributed by atoms with Gasteiger partial charge in [0.15, 0.2) is 0 Å². The van der Waals surface area contributed by atoms with E-state index in [1.54, 1.807) is 0 Å². The van der Waals surface area contributed by atoms with Crippen LogP contribution in [0.2, 0.25) is 0 Å². The second-order valence-corrected chi connectivity index (χ2v) is 1.99. The fraction of sp³-hybridized carbons (Fsp3) is 0.667. The second-order valence-electron chi connectivity index (χ2n) is 1.99. The van der Waals surface area contributed by atoms with E-state index in [9.17, 15) is 0 Å². The molecule has 0 heterocycles. The van der Waals surface area contributed by atoms with Gasteiger partial charge in [0.1, 0.15) is 0 Å². The number of hydrogen-bond donors (Lipinski definition) is 1. The molecular weight excluding hydrogens is 128 g/mol. The molecule has 2 unspecified atom stereocenters. The molecule has 0 saturated carbocycles. The van der Waals surface area contributed by atoms with Gasteiger partial charge in [-0.05, 0) is 0 Å². The van der Waals surface area contributed by atoms with E-state index in [1.165, 1.54) is 6.61 Å². The second kappa shape index (κ2) is 6.34. The minimum absolute atomic E-state index is 0. The predicted octanol–water partition coefficient (Wildman–Crippen LogP) is 1.25. The molecule has 0 aliphatic heterocycles. The van der Waals surface area contributed by atoms with Gasteiger partial charge in [-0.1, -0.05) is 13.8 Å². The van der Waals surface area contributed by atoms with Gasteiger partial charge in [-0.25, -0.2) is 6.61 Å². The molecule has 0 aliphatic carbocycles. The Morgan fingerprint density at radius 3 is 1.88 bits per heavy atom. The summed E-state index contributed by atoms with van der Waals surface area (Å²) in [6.45, 7) is 8.79. The molecule has 1 N–H and O–H groups in total. The Kier molecular flexibility index (Phi) is 9.47. The van der Waals surface area contributed by atoms with Gasteiger partial charge < -0.3 is 12.0 Å². The third-order valence-corrected chi connectivity index (χ3v) is 1.13. The van der Waals surface area contributed by atoms with Gasteiger partial charge in [-0.15, -0.1) is 0 Å². The molecule has 8 heavy (non-hydrogen) atoms. The Morgan fingerprint density at radius 2 is 1.88 bits per heavy atom. The first-order chi connectivity index (χ1) is 3.18. The quantitative estimate of drug-likeness (QED) is 0.452. The van der Waals surface area contributed by atoms with Crippen LogP contribution in [0.15, 0.2) is 0 Å². The third kappa shape index (κ3) is 5.36. The fourth-order valence-corrected chi connectivity index (χ4v) is 0.147. The summed E-state index contributed by atoms with van der Waals surface area (Å²) in [4.78, 5) is 0. The van der Waals surface area contributed by atoms with Crippen LogP contribution in [0.1, 0.15) is 13.8 Å². The van der Waals surface area contributed by atoms with Crippen LogP contribution in [0.3, 0.4) is 0 Å². The summed E-state index contributed by atoms with van der Waals surface area (Å²) in [6, 6.07) is 0. The van der Waals surface area contributed by atoms with Crippen LogP contribution in [0.25, 0.3) is 0 Å². The Morgan fingerprint density at radius 1 is 1.50 bits per heavy atom. The first kappa shape index (κ1) is 12.0. The van der Waals surface area contributed by atoms with E-state index in [0.29, 0.717) is 5.92 Å². The molecule has 0 aromatic heterocycles. The Balaban J connectivity index is 0. The zero-order valence-electron chi connectivity index (χ0n) is 5.59. The van der Waals surface area contributed by atoms with Gasteiger partial charge in [-0.3, -0.25) is 0 Å². The van der Waals surface area contributed by atoms with E-state index >= 15 is 0 Å². The molecule has 0 bridgehead atoms. The molecule has 0 radical (unpaired) electrons. The third-order valence-electron chi connectivity index (χ3n) is 1.13. The van der Waals surface area contributed by atoms with Crippen molar-refractivity contribution in [2.45, 2.75) is 13.8 Å². The van der Waals surface area contributed by atoms with Crippen LogP contribution < -0.4 is 0 Å². The number of hydrogen-bond acceptors (Lipinski definition) is 1. The molecule has 2 atom stereocenters. The van der Waals surface area contributed by atoms with Crippen LogP contribution >= 0.6 is 0 Å². The first-order valence-corrected chi connectivity index (χ1v) is 2.49. The van der Waals surface area contributed by atoms with Crippen molar-refractivity contribution in [2.75, 3.05) is 0 Å². The topological polar surface area (TPSA) is 20.2 Å². The fourth-order valence-electron chi connectivity index (χ4n) is 0.147. The van der Waals surface area contributed by atoms with Crippen molar-refractivity contribution >= 4 is 37.7 Å². The molecule has 0 spiro atoms. The summed E-state index contributed by atoms with van der Waals surface area (Å²) in [5.74, 6) is 0.532. The Labute approximate surface area is 81.5 Å². The average Bonchev–Trinajstić information content (AvgIpc) is 1.65. The van der Waals surface area contributed by atoms with Crippen molar-refractivity contribution in [3.63, 3.8) is 0 Å². The molecule has 0 rings (SSSR count). The maximum Gasteiger partial charge on any atom is 2.00 e. The van der Waals surface area contributed by atoms with E-state index in [0.717, 1.165) is 0 Å². The van der Waals surface area contributed by atoms with Crippen molar-refractivity contribution in [3.05, 3.63) is 13.5 Å². The predicted molar refractivity (Wildman–Crippen MR) is 35.7 cm³/mol. The van der Waals surface area contributed by atoms with E-state index in [2.05, 4.69) is 6.92 Å². The van der Waals surface area contributed by atoms with Crippen molar-refractivity contribution < 1.29 is 5.11 Å².